The summed E-state index contributed by atoms with van der Waals surface area (Å²) in [6.45, 7) is -0.572. The van der Waals surface area contributed by atoms with Gasteiger partial charge in [0.1, 0.15) is 12.0 Å². The van der Waals surface area contributed by atoms with Crippen LogP contribution in [-0.2, 0) is 13.1 Å². The molecule has 0 unspecified atom stereocenters. The molecule has 166 valence electrons. The zero-order chi connectivity index (χ0) is 21.4. The molecule has 31 heavy (non-hydrogen) atoms. The SMILES string of the molecule is CN=C(NCc1cccc(OCC(F)(F)F)c1)NCc1coc(-c2ccccc2)n1.I. The van der Waals surface area contributed by atoms with Crippen molar-refractivity contribution in [2.45, 2.75) is 19.3 Å². The molecular formula is C21H22F3IN4O2. The average molecular weight is 546 g/mol. The fourth-order valence-electron chi connectivity index (χ4n) is 2.59. The van der Waals surface area contributed by atoms with Crippen molar-refractivity contribution in [3.8, 4) is 17.2 Å². The summed E-state index contributed by atoms with van der Waals surface area (Å²) >= 11 is 0. The summed E-state index contributed by atoms with van der Waals surface area (Å²) in [6.07, 6.45) is -2.80. The Hall–Kier alpha value is -2.76. The minimum absolute atomic E-state index is 0. The molecule has 0 amide bonds. The summed E-state index contributed by atoms with van der Waals surface area (Å²) in [5, 5.41) is 6.21. The number of oxazole rings is 1. The van der Waals surface area contributed by atoms with Gasteiger partial charge in [0.25, 0.3) is 0 Å². The van der Waals surface area contributed by atoms with Gasteiger partial charge in [0.05, 0.1) is 12.2 Å². The second-order valence-electron chi connectivity index (χ2n) is 6.34. The molecule has 6 nitrogen and oxygen atoms in total. The summed E-state index contributed by atoms with van der Waals surface area (Å²) in [5.74, 6) is 1.21. The Bertz CT molecular complexity index is 978. The van der Waals surface area contributed by atoms with Crippen molar-refractivity contribution in [3.05, 3.63) is 72.1 Å². The van der Waals surface area contributed by atoms with Crippen molar-refractivity contribution in [1.29, 1.82) is 0 Å². The monoisotopic (exact) mass is 546 g/mol. The van der Waals surface area contributed by atoms with Crippen LogP contribution in [0.3, 0.4) is 0 Å². The number of aliphatic imine (C=N–C) groups is 1. The Kier molecular flexibility index (Phi) is 9.16. The highest BCUT2D eigenvalue weighted by atomic mass is 127. The third-order valence-electron chi connectivity index (χ3n) is 3.99. The van der Waals surface area contributed by atoms with Crippen LogP contribution >= 0.6 is 24.0 Å². The predicted octanol–water partition coefficient (Wildman–Crippen LogP) is 4.77. The third kappa shape index (κ3) is 8.12. The molecule has 0 aliphatic heterocycles. The van der Waals surface area contributed by atoms with Gasteiger partial charge in [-0.25, -0.2) is 4.98 Å². The topological polar surface area (TPSA) is 71.7 Å². The van der Waals surface area contributed by atoms with Gasteiger partial charge in [-0.3, -0.25) is 4.99 Å². The number of rotatable bonds is 7. The molecule has 0 aliphatic carbocycles. The minimum atomic E-state index is -4.37. The quantitative estimate of drug-likeness (QED) is 0.254. The Balaban J connectivity index is 0.00000341. The van der Waals surface area contributed by atoms with Crippen molar-refractivity contribution in [3.63, 3.8) is 0 Å². The number of halogens is 4. The van der Waals surface area contributed by atoms with Crippen LogP contribution in [-0.4, -0.2) is 30.8 Å². The first-order chi connectivity index (χ1) is 14.4. The molecule has 0 spiro atoms. The standard InChI is InChI=1S/C21H21F3N4O2.HI/c1-25-20(26-11-15-6-5-9-18(10-15)30-14-21(22,23)24)27-12-17-13-29-19(28-17)16-7-3-2-4-8-16;/h2-10,13H,11-12,14H2,1H3,(H2,25,26,27);1H. The molecule has 0 bridgehead atoms. The number of nitrogens with zero attached hydrogens (tertiary/aromatic N) is 2. The maximum absolute atomic E-state index is 12.3. The van der Waals surface area contributed by atoms with E-state index in [2.05, 4.69) is 20.6 Å². The van der Waals surface area contributed by atoms with Crippen LogP contribution in [0.15, 0.2) is 70.3 Å². The van der Waals surface area contributed by atoms with Crippen LogP contribution in [0.5, 0.6) is 5.75 Å². The van der Waals surface area contributed by atoms with Crippen LogP contribution in [0.4, 0.5) is 13.2 Å². The fraction of sp³-hybridized carbons (Fsp3) is 0.238. The predicted molar refractivity (Wildman–Crippen MR) is 122 cm³/mol. The van der Waals surface area contributed by atoms with E-state index < -0.39 is 12.8 Å². The van der Waals surface area contributed by atoms with Crippen molar-refractivity contribution in [2.75, 3.05) is 13.7 Å². The number of hydrogen-bond donors (Lipinski definition) is 2. The lowest BCUT2D eigenvalue weighted by Crippen LogP contribution is -2.36. The summed E-state index contributed by atoms with van der Waals surface area (Å²) < 4.78 is 47.1. The molecule has 3 aromatic rings. The van der Waals surface area contributed by atoms with E-state index in [1.54, 1.807) is 31.5 Å². The Morgan fingerprint density at radius 1 is 1.06 bits per heavy atom. The Morgan fingerprint density at radius 3 is 2.52 bits per heavy atom. The smallest absolute Gasteiger partial charge is 0.422 e. The molecule has 2 N–H and O–H groups in total. The molecule has 1 aromatic heterocycles. The van der Waals surface area contributed by atoms with E-state index in [9.17, 15) is 13.2 Å². The number of alkyl halides is 3. The van der Waals surface area contributed by atoms with Crippen LogP contribution < -0.4 is 15.4 Å². The fourth-order valence-corrected chi connectivity index (χ4v) is 2.59. The number of ether oxygens (including phenoxy) is 1. The lowest BCUT2D eigenvalue weighted by Gasteiger charge is -2.12. The number of nitrogens with one attached hydrogen (secondary N) is 2. The van der Waals surface area contributed by atoms with Crippen molar-refractivity contribution in [1.82, 2.24) is 15.6 Å². The first-order valence-corrected chi connectivity index (χ1v) is 9.16. The highest BCUT2D eigenvalue weighted by Crippen LogP contribution is 2.20. The molecule has 0 saturated carbocycles. The van der Waals surface area contributed by atoms with Crippen molar-refractivity contribution >= 4 is 29.9 Å². The van der Waals surface area contributed by atoms with E-state index in [4.69, 9.17) is 9.15 Å². The molecule has 0 fully saturated rings. The molecule has 0 aliphatic rings. The highest BCUT2D eigenvalue weighted by Gasteiger charge is 2.28. The van der Waals surface area contributed by atoms with E-state index in [1.165, 1.54) is 6.07 Å². The first kappa shape index (κ1) is 24.5. The summed E-state index contributed by atoms with van der Waals surface area (Å²) in [7, 11) is 1.62. The molecular weight excluding hydrogens is 524 g/mol. The van der Waals surface area contributed by atoms with Crippen LogP contribution in [0, 0.1) is 0 Å². The van der Waals surface area contributed by atoms with Crippen molar-refractivity contribution < 1.29 is 22.3 Å². The Labute approximate surface area is 194 Å². The molecule has 0 atom stereocenters. The highest BCUT2D eigenvalue weighted by molar-refractivity contribution is 14.0. The van der Waals surface area contributed by atoms with Gasteiger partial charge in [0, 0.05) is 19.2 Å². The second kappa shape index (κ2) is 11.6. The van der Waals surface area contributed by atoms with E-state index in [0.29, 0.717) is 30.6 Å². The molecule has 10 heteroatoms. The maximum Gasteiger partial charge on any atom is 0.422 e. The number of guanidine groups is 1. The third-order valence-corrected chi connectivity index (χ3v) is 3.99. The molecule has 0 radical (unpaired) electrons. The second-order valence-corrected chi connectivity index (χ2v) is 6.34. The minimum Gasteiger partial charge on any atom is -0.484 e. The van der Waals surface area contributed by atoms with Crippen molar-refractivity contribution in [2.24, 2.45) is 4.99 Å². The number of aromatic nitrogens is 1. The van der Waals surface area contributed by atoms with Gasteiger partial charge >= 0.3 is 6.18 Å². The van der Waals surface area contributed by atoms with Crippen LogP contribution in [0.25, 0.3) is 11.5 Å². The van der Waals surface area contributed by atoms with Gasteiger partial charge in [-0.05, 0) is 29.8 Å². The van der Waals surface area contributed by atoms with E-state index in [1.807, 2.05) is 30.3 Å². The van der Waals surface area contributed by atoms with Crippen LogP contribution in [0.2, 0.25) is 0 Å². The number of benzene rings is 2. The van der Waals surface area contributed by atoms with Crippen LogP contribution in [0.1, 0.15) is 11.3 Å². The molecule has 2 aromatic carbocycles. The van der Waals surface area contributed by atoms with E-state index in [-0.39, 0.29) is 29.7 Å². The summed E-state index contributed by atoms with van der Waals surface area (Å²) in [6, 6.07) is 16.0. The lowest BCUT2D eigenvalue weighted by molar-refractivity contribution is -0.153. The molecule has 3 rings (SSSR count). The van der Waals surface area contributed by atoms with Gasteiger partial charge in [-0.1, -0.05) is 30.3 Å². The Morgan fingerprint density at radius 2 is 1.81 bits per heavy atom. The normalized spacial score (nSPS) is 11.5. The van der Waals surface area contributed by atoms with Gasteiger partial charge < -0.3 is 19.8 Å². The zero-order valence-corrected chi connectivity index (χ0v) is 19.0. The number of hydrogen-bond acceptors (Lipinski definition) is 4. The lowest BCUT2D eigenvalue weighted by atomic mass is 10.2. The summed E-state index contributed by atoms with van der Waals surface area (Å²) in [4.78, 5) is 8.57. The molecule has 1 heterocycles. The summed E-state index contributed by atoms with van der Waals surface area (Å²) in [5.41, 5.74) is 2.35. The van der Waals surface area contributed by atoms with E-state index >= 15 is 0 Å². The van der Waals surface area contributed by atoms with E-state index in [0.717, 1.165) is 11.1 Å². The zero-order valence-electron chi connectivity index (χ0n) is 16.6. The average Bonchev–Trinajstić information content (AvgIpc) is 3.22. The van der Waals surface area contributed by atoms with Gasteiger partial charge in [-0.15, -0.1) is 24.0 Å². The van der Waals surface area contributed by atoms with Gasteiger partial charge in [0.15, 0.2) is 12.6 Å². The maximum atomic E-state index is 12.3. The largest absolute Gasteiger partial charge is 0.484 e. The van der Waals surface area contributed by atoms with Gasteiger partial charge in [-0.2, -0.15) is 13.2 Å². The molecule has 0 saturated heterocycles. The van der Waals surface area contributed by atoms with Gasteiger partial charge in [0.2, 0.25) is 5.89 Å². The first-order valence-electron chi connectivity index (χ1n) is 9.16.